The number of nitrogens with zero attached hydrogens (tertiary/aromatic N) is 1. The van der Waals surface area contributed by atoms with Gasteiger partial charge in [-0.1, -0.05) is 30.3 Å². The minimum Gasteiger partial charge on any atom is -0.618 e. The number of benzene rings is 1. The molecule has 0 saturated heterocycles. The van der Waals surface area contributed by atoms with Crippen LogP contribution in [0.15, 0.2) is 48.7 Å². The van der Waals surface area contributed by atoms with E-state index in [-0.39, 0.29) is 0 Å². The van der Waals surface area contributed by atoms with Crippen molar-refractivity contribution in [2.45, 2.75) is 6.92 Å². The fourth-order valence-corrected chi connectivity index (χ4v) is 1.48. The maximum absolute atomic E-state index is 11.5. The summed E-state index contributed by atoms with van der Waals surface area (Å²) in [6.07, 6.45) is 5.29. The summed E-state index contributed by atoms with van der Waals surface area (Å²) in [5.74, 6) is 0. The third kappa shape index (κ3) is 2.48. The van der Waals surface area contributed by atoms with Crippen LogP contribution in [0, 0.1) is 12.1 Å². The Morgan fingerprint density at radius 3 is 2.56 bits per heavy atom. The topological polar surface area (TPSA) is 26.9 Å². The third-order valence-corrected chi connectivity index (χ3v) is 2.35. The van der Waals surface area contributed by atoms with Crippen LogP contribution in [0.5, 0.6) is 0 Å². The zero-order chi connectivity index (χ0) is 11.4. The molecule has 0 amide bonds. The molecule has 0 radical (unpaired) electrons. The van der Waals surface area contributed by atoms with Crippen LogP contribution < -0.4 is 4.73 Å². The van der Waals surface area contributed by atoms with Crippen LogP contribution in [0.3, 0.4) is 0 Å². The first-order chi connectivity index (χ1) is 7.75. The Morgan fingerprint density at radius 1 is 1.06 bits per heavy atom. The number of aromatic nitrogens is 1. The predicted octanol–water partition coefficient (Wildman–Crippen LogP) is 2.80. The Hall–Kier alpha value is -2.09. The average molecular weight is 211 g/mol. The monoisotopic (exact) mass is 211 g/mol. The van der Waals surface area contributed by atoms with Crippen molar-refractivity contribution in [2.75, 3.05) is 0 Å². The van der Waals surface area contributed by atoms with Crippen LogP contribution in [-0.2, 0) is 0 Å². The van der Waals surface area contributed by atoms with Crippen LogP contribution >= 0.6 is 0 Å². The van der Waals surface area contributed by atoms with E-state index >= 15 is 0 Å². The first kappa shape index (κ1) is 10.4. The Kier molecular flexibility index (Phi) is 3.01. The molecular weight excluding hydrogens is 198 g/mol. The van der Waals surface area contributed by atoms with E-state index in [1.54, 1.807) is 6.07 Å². The molecular formula is C14H13NO. The average Bonchev–Trinajstić information content (AvgIpc) is 2.32. The smallest absolute Gasteiger partial charge is 0.216 e. The van der Waals surface area contributed by atoms with Gasteiger partial charge in [-0.2, -0.15) is 4.73 Å². The lowest BCUT2D eigenvalue weighted by atomic mass is 10.2. The molecule has 0 aliphatic rings. The van der Waals surface area contributed by atoms with Gasteiger partial charge in [-0.3, -0.25) is 0 Å². The van der Waals surface area contributed by atoms with Gasteiger partial charge in [0.2, 0.25) is 5.69 Å². The van der Waals surface area contributed by atoms with Gasteiger partial charge in [-0.05, 0) is 24.1 Å². The van der Waals surface area contributed by atoms with E-state index < -0.39 is 0 Å². The molecule has 0 spiro atoms. The molecule has 2 heteroatoms. The lowest BCUT2D eigenvalue weighted by molar-refractivity contribution is -0.607. The largest absolute Gasteiger partial charge is 0.618 e. The van der Waals surface area contributed by atoms with Crippen molar-refractivity contribution in [3.8, 4) is 0 Å². The Bertz CT molecular complexity index is 503. The number of rotatable bonds is 2. The summed E-state index contributed by atoms with van der Waals surface area (Å²) >= 11 is 0. The number of aryl methyl sites for hydroxylation is 1. The molecule has 2 nitrogen and oxygen atoms in total. The first-order valence-corrected chi connectivity index (χ1v) is 5.19. The number of pyridine rings is 1. The fourth-order valence-electron chi connectivity index (χ4n) is 1.48. The standard InChI is InChI=1S/C14H13NO/c1-12-9-10-15(16)14(11-12)8-7-13-5-3-2-4-6-13/h2-11H,1H3. The highest BCUT2D eigenvalue weighted by Crippen LogP contribution is 2.06. The maximum atomic E-state index is 11.5. The lowest BCUT2D eigenvalue weighted by Crippen LogP contribution is -2.28. The van der Waals surface area contributed by atoms with Gasteiger partial charge in [0, 0.05) is 18.2 Å². The summed E-state index contributed by atoms with van der Waals surface area (Å²) in [5.41, 5.74) is 2.83. The molecule has 0 unspecified atom stereocenters. The van der Waals surface area contributed by atoms with Crippen LogP contribution in [0.25, 0.3) is 12.2 Å². The second-order valence-corrected chi connectivity index (χ2v) is 3.70. The molecule has 0 fully saturated rings. The van der Waals surface area contributed by atoms with Gasteiger partial charge in [0.15, 0.2) is 6.20 Å². The summed E-state index contributed by atoms with van der Waals surface area (Å²) in [6.45, 7) is 1.97. The molecule has 2 rings (SSSR count). The van der Waals surface area contributed by atoms with Gasteiger partial charge >= 0.3 is 0 Å². The summed E-state index contributed by atoms with van der Waals surface area (Å²) in [5, 5.41) is 11.5. The lowest BCUT2D eigenvalue weighted by Gasteiger charge is -2.00. The van der Waals surface area contributed by atoms with Crippen molar-refractivity contribution in [1.82, 2.24) is 0 Å². The molecule has 0 saturated carbocycles. The summed E-state index contributed by atoms with van der Waals surface area (Å²) in [4.78, 5) is 0. The number of hydrogen-bond acceptors (Lipinski definition) is 1. The van der Waals surface area contributed by atoms with E-state index in [1.807, 2.05) is 55.5 Å². The van der Waals surface area contributed by atoms with Crippen molar-refractivity contribution < 1.29 is 4.73 Å². The molecule has 0 N–H and O–H groups in total. The minimum absolute atomic E-state index is 0.656. The van der Waals surface area contributed by atoms with Crippen molar-refractivity contribution in [3.05, 3.63) is 70.7 Å². The maximum Gasteiger partial charge on any atom is 0.216 e. The Morgan fingerprint density at radius 2 is 1.81 bits per heavy atom. The van der Waals surface area contributed by atoms with Crippen LogP contribution in [0.2, 0.25) is 0 Å². The van der Waals surface area contributed by atoms with Gasteiger partial charge in [0.25, 0.3) is 0 Å². The summed E-state index contributed by atoms with van der Waals surface area (Å²) in [7, 11) is 0. The van der Waals surface area contributed by atoms with Crippen molar-refractivity contribution in [2.24, 2.45) is 0 Å². The molecule has 0 aliphatic heterocycles. The Labute approximate surface area is 95.1 Å². The van der Waals surface area contributed by atoms with Gasteiger partial charge in [-0.25, -0.2) is 0 Å². The molecule has 1 aromatic carbocycles. The summed E-state index contributed by atoms with van der Waals surface area (Å²) < 4.78 is 0.867. The van der Waals surface area contributed by atoms with E-state index in [0.717, 1.165) is 15.9 Å². The van der Waals surface area contributed by atoms with Crippen LogP contribution in [-0.4, -0.2) is 0 Å². The van der Waals surface area contributed by atoms with Gasteiger partial charge in [0.05, 0.1) is 0 Å². The second-order valence-electron chi connectivity index (χ2n) is 3.70. The highest BCUT2D eigenvalue weighted by Gasteiger charge is 1.99. The molecule has 80 valence electrons. The third-order valence-electron chi connectivity index (χ3n) is 2.35. The molecule has 1 heterocycles. The van der Waals surface area contributed by atoms with Gasteiger partial charge in [0.1, 0.15) is 0 Å². The van der Waals surface area contributed by atoms with E-state index in [4.69, 9.17) is 0 Å². The normalized spacial score (nSPS) is 10.8. The second kappa shape index (κ2) is 4.62. The van der Waals surface area contributed by atoms with Gasteiger partial charge in [-0.15, -0.1) is 0 Å². The van der Waals surface area contributed by atoms with Crippen molar-refractivity contribution in [1.29, 1.82) is 0 Å². The minimum atomic E-state index is 0.656. The quantitative estimate of drug-likeness (QED) is 0.554. The highest BCUT2D eigenvalue weighted by molar-refractivity contribution is 5.66. The zero-order valence-electron chi connectivity index (χ0n) is 9.13. The fraction of sp³-hybridized carbons (Fsp3) is 0.0714. The van der Waals surface area contributed by atoms with E-state index in [1.165, 1.54) is 6.20 Å². The number of hydrogen-bond donors (Lipinski definition) is 0. The summed E-state index contributed by atoms with van der Waals surface area (Å²) in [6, 6.07) is 13.6. The van der Waals surface area contributed by atoms with E-state index in [0.29, 0.717) is 5.69 Å². The molecule has 2 aromatic rings. The van der Waals surface area contributed by atoms with Gasteiger partial charge < -0.3 is 5.21 Å². The Balaban J connectivity index is 2.27. The van der Waals surface area contributed by atoms with Crippen molar-refractivity contribution >= 4 is 12.2 Å². The molecule has 0 aliphatic carbocycles. The molecule has 0 bridgehead atoms. The van der Waals surface area contributed by atoms with E-state index in [2.05, 4.69) is 0 Å². The van der Waals surface area contributed by atoms with Crippen LogP contribution in [0.4, 0.5) is 0 Å². The molecule has 16 heavy (non-hydrogen) atoms. The predicted molar refractivity (Wildman–Crippen MR) is 65.5 cm³/mol. The van der Waals surface area contributed by atoms with Crippen LogP contribution in [0.1, 0.15) is 16.8 Å². The highest BCUT2D eigenvalue weighted by atomic mass is 16.5. The molecule has 1 aromatic heterocycles. The van der Waals surface area contributed by atoms with E-state index in [9.17, 15) is 5.21 Å². The first-order valence-electron chi connectivity index (χ1n) is 5.19. The zero-order valence-corrected chi connectivity index (χ0v) is 9.13. The molecule has 0 atom stereocenters. The SMILES string of the molecule is Cc1cc[n+]([O-])c(C=Cc2ccccc2)c1. The van der Waals surface area contributed by atoms with Crippen molar-refractivity contribution in [3.63, 3.8) is 0 Å².